The molecule has 1 aromatic heterocycles. The van der Waals surface area contributed by atoms with E-state index in [9.17, 15) is 18.0 Å². The number of halogens is 3. The summed E-state index contributed by atoms with van der Waals surface area (Å²) in [6.45, 7) is 1.49. The Morgan fingerprint density at radius 2 is 1.53 bits per heavy atom. The molecule has 4 rings (SSSR count). The zero-order valence-corrected chi connectivity index (χ0v) is 21.1. The fourth-order valence-electron chi connectivity index (χ4n) is 3.90. The highest BCUT2D eigenvalue weighted by Gasteiger charge is 2.30. The topological polar surface area (TPSA) is 79.4 Å². The van der Waals surface area contributed by atoms with Gasteiger partial charge in [0, 0.05) is 25.2 Å². The maximum absolute atomic E-state index is 13.5. The predicted octanol–water partition coefficient (Wildman–Crippen LogP) is 5.74. The van der Waals surface area contributed by atoms with Crippen LogP contribution in [-0.2, 0) is 12.7 Å². The molecule has 10 heteroatoms. The van der Waals surface area contributed by atoms with Crippen molar-refractivity contribution in [3.63, 3.8) is 0 Å². The fourth-order valence-corrected chi connectivity index (χ4v) is 3.90. The van der Waals surface area contributed by atoms with Crippen molar-refractivity contribution in [3.05, 3.63) is 96.1 Å². The molecule has 7 nitrogen and oxygen atoms in total. The minimum absolute atomic E-state index is 0.101. The van der Waals surface area contributed by atoms with Crippen LogP contribution in [0.5, 0.6) is 0 Å². The van der Waals surface area contributed by atoms with Gasteiger partial charge in [0.2, 0.25) is 0 Å². The summed E-state index contributed by atoms with van der Waals surface area (Å²) in [5.41, 5.74) is 8.37. The molecule has 38 heavy (non-hydrogen) atoms. The van der Waals surface area contributed by atoms with E-state index in [1.165, 1.54) is 16.8 Å². The van der Waals surface area contributed by atoms with Gasteiger partial charge in [0.05, 0.1) is 11.3 Å². The number of hydrogen-bond donors (Lipinski definition) is 2. The first-order valence-corrected chi connectivity index (χ1v) is 12.0. The Hall–Kier alpha value is -4.31. The van der Waals surface area contributed by atoms with Crippen LogP contribution < -0.4 is 11.1 Å². The smallest absolute Gasteiger partial charge is 0.382 e. The summed E-state index contributed by atoms with van der Waals surface area (Å²) < 4.78 is 40.6. The monoisotopic (exact) mass is 522 g/mol. The maximum Gasteiger partial charge on any atom is 0.416 e. The van der Waals surface area contributed by atoms with Gasteiger partial charge in [0.15, 0.2) is 5.82 Å². The maximum atomic E-state index is 13.5. The molecule has 0 aliphatic carbocycles. The Kier molecular flexibility index (Phi) is 8.02. The summed E-state index contributed by atoms with van der Waals surface area (Å²) in [5, 5.41) is 7.51. The van der Waals surface area contributed by atoms with Crippen molar-refractivity contribution in [1.29, 1.82) is 0 Å². The van der Waals surface area contributed by atoms with E-state index in [1.807, 2.05) is 79.7 Å². The Balaban J connectivity index is 1.70. The standard InChI is InChI=1S/C28H29F3N6O/c1-35(2)17-18-36(19-20-9-5-3-6-10-20)27(38)33-25-24(21-11-7-4-8-12-21)34-37(26(25)32)23-15-13-22(14-16-23)28(29,30)31/h3-16H,17-19,32H2,1-2H3,(H,33,38). The Morgan fingerprint density at radius 1 is 0.921 bits per heavy atom. The summed E-state index contributed by atoms with van der Waals surface area (Å²) in [6.07, 6.45) is -4.46. The number of nitrogens with two attached hydrogens (primary N) is 1. The van der Waals surface area contributed by atoms with E-state index in [-0.39, 0.29) is 17.5 Å². The van der Waals surface area contributed by atoms with Gasteiger partial charge in [-0.2, -0.15) is 18.3 Å². The second-order valence-corrected chi connectivity index (χ2v) is 9.07. The molecular weight excluding hydrogens is 493 g/mol. The molecule has 1 heterocycles. The van der Waals surface area contributed by atoms with Crippen LogP contribution in [0.3, 0.4) is 0 Å². The molecule has 0 fully saturated rings. The van der Waals surface area contributed by atoms with E-state index in [1.54, 1.807) is 4.90 Å². The number of urea groups is 1. The van der Waals surface area contributed by atoms with E-state index >= 15 is 0 Å². The molecule has 4 aromatic rings. The quantitative estimate of drug-likeness (QED) is 0.310. The minimum Gasteiger partial charge on any atom is -0.382 e. The molecule has 0 atom stereocenters. The van der Waals surface area contributed by atoms with Crippen molar-refractivity contribution in [3.8, 4) is 16.9 Å². The van der Waals surface area contributed by atoms with Crippen molar-refractivity contribution >= 4 is 17.5 Å². The molecular formula is C28H29F3N6O. The zero-order valence-electron chi connectivity index (χ0n) is 21.1. The normalized spacial score (nSPS) is 11.5. The SMILES string of the molecule is CN(C)CCN(Cc1ccccc1)C(=O)Nc1c(-c2ccccc2)nn(-c2ccc(C(F)(F)F)cc2)c1N. The number of nitrogens with one attached hydrogen (secondary N) is 1. The molecule has 0 saturated heterocycles. The number of carbonyl (C=O) groups is 1. The highest BCUT2D eigenvalue weighted by atomic mass is 19.4. The Bertz CT molecular complexity index is 1350. The molecule has 0 aliphatic rings. The van der Waals surface area contributed by atoms with Crippen molar-refractivity contribution in [2.75, 3.05) is 38.2 Å². The van der Waals surface area contributed by atoms with Crippen LogP contribution in [0.15, 0.2) is 84.9 Å². The molecule has 3 aromatic carbocycles. The fraction of sp³-hybridized carbons (Fsp3) is 0.214. The molecule has 3 N–H and O–H groups in total. The molecule has 0 bridgehead atoms. The second kappa shape index (κ2) is 11.4. The first kappa shape index (κ1) is 26.7. The number of benzene rings is 3. The number of aromatic nitrogens is 2. The van der Waals surface area contributed by atoms with Crippen LogP contribution in [0.4, 0.5) is 29.5 Å². The summed E-state index contributed by atoms with van der Waals surface area (Å²) in [7, 11) is 3.86. The summed E-state index contributed by atoms with van der Waals surface area (Å²) in [5.74, 6) is 0.101. The number of hydrogen-bond acceptors (Lipinski definition) is 4. The highest BCUT2D eigenvalue weighted by molar-refractivity contribution is 5.97. The minimum atomic E-state index is -4.46. The summed E-state index contributed by atoms with van der Waals surface area (Å²) in [4.78, 5) is 17.2. The molecule has 0 spiro atoms. The molecule has 0 unspecified atom stereocenters. The van der Waals surface area contributed by atoms with E-state index in [2.05, 4.69) is 10.4 Å². The highest BCUT2D eigenvalue weighted by Crippen LogP contribution is 2.35. The van der Waals surface area contributed by atoms with Gasteiger partial charge in [-0.15, -0.1) is 0 Å². The average Bonchev–Trinajstić information content (AvgIpc) is 3.22. The number of alkyl halides is 3. The van der Waals surface area contributed by atoms with Gasteiger partial charge < -0.3 is 20.9 Å². The molecule has 0 saturated carbocycles. The third-order valence-corrected chi connectivity index (χ3v) is 5.96. The van der Waals surface area contributed by atoms with Crippen molar-refractivity contribution in [2.24, 2.45) is 0 Å². The van der Waals surface area contributed by atoms with Gasteiger partial charge in [-0.1, -0.05) is 60.7 Å². The van der Waals surface area contributed by atoms with Gasteiger partial charge in [0.25, 0.3) is 0 Å². The van der Waals surface area contributed by atoms with E-state index < -0.39 is 11.7 Å². The lowest BCUT2D eigenvalue weighted by molar-refractivity contribution is -0.137. The third-order valence-electron chi connectivity index (χ3n) is 5.96. The van der Waals surface area contributed by atoms with Gasteiger partial charge in [-0.25, -0.2) is 9.48 Å². The van der Waals surface area contributed by atoms with Crippen molar-refractivity contribution in [2.45, 2.75) is 12.7 Å². The largest absolute Gasteiger partial charge is 0.416 e. The van der Waals surface area contributed by atoms with Gasteiger partial charge in [-0.05, 0) is 43.9 Å². The molecule has 0 aliphatic heterocycles. The Morgan fingerprint density at radius 3 is 2.11 bits per heavy atom. The van der Waals surface area contributed by atoms with Crippen LogP contribution in [0.2, 0.25) is 0 Å². The van der Waals surface area contributed by atoms with Crippen LogP contribution in [0.1, 0.15) is 11.1 Å². The first-order chi connectivity index (χ1) is 18.1. The van der Waals surface area contributed by atoms with Crippen LogP contribution in [0.25, 0.3) is 16.9 Å². The lowest BCUT2D eigenvalue weighted by Gasteiger charge is -2.25. The predicted molar refractivity (Wildman–Crippen MR) is 143 cm³/mol. The number of likely N-dealkylation sites (N-methyl/N-ethyl adjacent to an activating group) is 1. The summed E-state index contributed by atoms with van der Waals surface area (Å²) >= 11 is 0. The molecule has 0 radical (unpaired) electrons. The Labute approximate surface area is 219 Å². The number of nitrogens with zero attached hydrogens (tertiary/aromatic N) is 4. The van der Waals surface area contributed by atoms with Gasteiger partial charge in [0.1, 0.15) is 11.4 Å². The van der Waals surface area contributed by atoms with Crippen molar-refractivity contribution < 1.29 is 18.0 Å². The lowest BCUT2D eigenvalue weighted by atomic mass is 10.1. The summed E-state index contributed by atoms with van der Waals surface area (Å²) in [6, 6.07) is 22.9. The molecule has 198 valence electrons. The van der Waals surface area contributed by atoms with Gasteiger partial charge in [-0.3, -0.25) is 0 Å². The van der Waals surface area contributed by atoms with Crippen LogP contribution >= 0.6 is 0 Å². The molecule has 2 amide bonds. The number of amides is 2. The average molecular weight is 523 g/mol. The van der Waals surface area contributed by atoms with Crippen LogP contribution in [0, 0.1) is 0 Å². The first-order valence-electron chi connectivity index (χ1n) is 12.0. The van der Waals surface area contributed by atoms with Crippen LogP contribution in [-0.4, -0.2) is 52.8 Å². The van der Waals surface area contributed by atoms with E-state index in [0.717, 1.165) is 17.7 Å². The van der Waals surface area contributed by atoms with Gasteiger partial charge >= 0.3 is 12.2 Å². The van der Waals surface area contributed by atoms with E-state index in [4.69, 9.17) is 5.73 Å². The number of rotatable bonds is 8. The second-order valence-electron chi connectivity index (χ2n) is 9.07. The van der Waals surface area contributed by atoms with Crippen molar-refractivity contribution in [1.82, 2.24) is 19.6 Å². The lowest BCUT2D eigenvalue weighted by Crippen LogP contribution is -2.39. The third kappa shape index (κ3) is 6.33. The zero-order chi connectivity index (χ0) is 27.3. The van der Waals surface area contributed by atoms with E-state index in [0.29, 0.717) is 36.6 Å². The number of nitrogen functional groups attached to an aromatic ring is 1. The number of anilines is 2. The number of carbonyl (C=O) groups excluding carboxylic acids is 1.